The van der Waals surface area contributed by atoms with Crippen molar-refractivity contribution in [1.29, 1.82) is 0 Å². The van der Waals surface area contributed by atoms with E-state index in [-0.39, 0.29) is 12.0 Å². The number of aliphatic carboxylic acids is 1. The van der Waals surface area contributed by atoms with Crippen LogP contribution in [-0.2, 0) is 4.79 Å². The first-order valence-corrected chi connectivity index (χ1v) is 4.38. The lowest BCUT2D eigenvalue weighted by Gasteiger charge is -2.02. The molecule has 0 saturated heterocycles. The van der Waals surface area contributed by atoms with Crippen LogP contribution in [-0.4, -0.2) is 11.1 Å². The monoisotopic (exact) mass is 216 g/mol. The second-order valence-electron chi connectivity index (χ2n) is 3.55. The van der Waals surface area contributed by atoms with Gasteiger partial charge in [-0.05, 0) is 18.1 Å². The van der Waals surface area contributed by atoms with E-state index in [1.54, 1.807) is 0 Å². The Morgan fingerprint density at radius 2 is 1.93 bits per heavy atom. The molecule has 1 aliphatic carbocycles. The molecule has 2 nitrogen and oxygen atoms in total. The molecule has 2 atom stereocenters. The standard InChI is InChI=1S/C10H7F3O2/c11-7-2-1-4(8(12)9(7)13)5-3-6(5)10(14)15/h1-2,5-6H,3H2,(H,14,15)/t5-,6-/m0/s1. The molecule has 0 aromatic heterocycles. The van der Waals surface area contributed by atoms with E-state index in [1.807, 2.05) is 0 Å². The second-order valence-corrected chi connectivity index (χ2v) is 3.55. The molecule has 1 aromatic rings. The molecule has 15 heavy (non-hydrogen) atoms. The highest BCUT2D eigenvalue weighted by Crippen LogP contribution is 2.48. The van der Waals surface area contributed by atoms with E-state index in [1.165, 1.54) is 0 Å². The summed E-state index contributed by atoms with van der Waals surface area (Å²) in [6, 6.07) is 1.91. The predicted octanol–water partition coefficient (Wildman–Crippen LogP) is 2.29. The molecule has 0 bridgehead atoms. The Morgan fingerprint density at radius 1 is 1.27 bits per heavy atom. The van der Waals surface area contributed by atoms with Crippen molar-refractivity contribution in [2.75, 3.05) is 0 Å². The van der Waals surface area contributed by atoms with E-state index < -0.39 is 35.3 Å². The topological polar surface area (TPSA) is 37.3 Å². The molecule has 0 spiro atoms. The molecule has 0 radical (unpaired) electrons. The Labute approximate surface area is 83.3 Å². The third-order valence-corrected chi connectivity index (χ3v) is 2.57. The number of carboxylic acid groups (broad SMARTS) is 1. The molecule has 1 aliphatic rings. The van der Waals surface area contributed by atoms with E-state index >= 15 is 0 Å². The van der Waals surface area contributed by atoms with Crippen molar-refractivity contribution in [1.82, 2.24) is 0 Å². The van der Waals surface area contributed by atoms with E-state index in [0.717, 1.165) is 12.1 Å². The maximum Gasteiger partial charge on any atom is 0.307 e. The highest BCUT2D eigenvalue weighted by Gasteiger charge is 2.46. The molecular weight excluding hydrogens is 209 g/mol. The average molecular weight is 216 g/mol. The summed E-state index contributed by atoms with van der Waals surface area (Å²) in [5, 5.41) is 8.61. The van der Waals surface area contributed by atoms with E-state index in [0.29, 0.717) is 0 Å². The molecule has 80 valence electrons. The van der Waals surface area contributed by atoms with Gasteiger partial charge in [0, 0.05) is 5.92 Å². The van der Waals surface area contributed by atoms with Gasteiger partial charge in [-0.15, -0.1) is 0 Å². The van der Waals surface area contributed by atoms with Crippen LogP contribution in [0.5, 0.6) is 0 Å². The van der Waals surface area contributed by atoms with Crippen LogP contribution in [0.25, 0.3) is 0 Å². The number of rotatable bonds is 2. The first kappa shape index (κ1) is 10.0. The van der Waals surface area contributed by atoms with Crippen molar-refractivity contribution in [3.05, 3.63) is 35.1 Å². The van der Waals surface area contributed by atoms with Crippen molar-refractivity contribution in [3.63, 3.8) is 0 Å². The number of hydrogen-bond donors (Lipinski definition) is 1. The van der Waals surface area contributed by atoms with Gasteiger partial charge in [0.1, 0.15) is 0 Å². The molecule has 0 unspecified atom stereocenters. The lowest BCUT2D eigenvalue weighted by atomic mass is 10.1. The summed E-state index contributed by atoms with van der Waals surface area (Å²) in [4.78, 5) is 10.5. The molecule has 0 heterocycles. The fourth-order valence-corrected chi connectivity index (χ4v) is 1.64. The maximum absolute atomic E-state index is 13.2. The highest BCUT2D eigenvalue weighted by molar-refractivity contribution is 5.75. The Balaban J connectivity index is 2.32. The van der Waals surface area contributed by atoms with Crippen LogP contribution in [0, 0.1) is 23.4 Å². The average Bonchev–Trinajstić information content (AvgIpc) is 2.94. The second kappa shape index (κ2) is 3.25. The fraction of sp³-hybridized carbons (Fsp3) is 0.300. The van der Waals surface area contributed by atoms with E-state index in [2.05, 4.69) is 0 Å². The summed E-state index contributed by atoms with van der Waals surface area (Å²) in [7, 11) is 0. The van der Waals surface area contributed by atoms with Crippen molar-refractivity contribution >= 4 is 5.97 Å². The zero-order valence-corrected chi connectivity index (χ0v) is 7.51. The van der Waals surface area contributed by atoms with Crippen molar-refractivity contribution in [2.45, 2.75) is 12.3 Å². The van der Waals surface area contributed by atoms with Gasteiger partial charge in [0.25, 0.3) is 0 Å². The molecule has 1 N–H and O–H groups in total. The van der Waals surface area contributed by atoms with Gasteiger partial charge in [0.05, 0.1) is 5.92 Å². The van der Waals surface area contributed by atoms with Crippen LogP contribution < -0.4 is 0 Å². The van der Waals surface area contributed by atoms with Gasteiger partial charge in [-0.25, -0.2) is 13.2 Å². The number of carbonyl (C=O) groups is 1. The minimum absolute atomic E-state index is 0.0544. The van der Waals surface area contributed by atoms with Crippen LogP contribution >= 0.6 is 0 Å². The van der Waals surface area contributed by atoms with Gasteiger partial charge < -0.3 is 5.11 Å². The number of hydrogen-bond acceptors (Lipinski definition) is 1. The number of benzene rings is 1. The van der Waals surface area contributed by atoms with Gasteiger partial charge >= 0.3 is 5.97 Å². The lowest BCUT2D eigenvalue weighted by Crippen LogP contribution is -2.02. The molecule has 2 rings (SSSR count). The highest BCUT2D eigenvalue weighted by atomic mass is 19.2. The number of carboxylic acids is 1. The zero-order chi connectivity index (χ0) is 11.2. The number of halogens is 3. The van der Waals surface area contributed by atoms with Crippen LogP contribution in [0.1, 0.15) is 17.9 Å². The molecule has 0 amide bonds. The summed E-state index contributed by atoms with van der Waals surface area (Å²) in [6.45, 7) is 0. The van der Waals surface area contributed by atoms with E-state index in [9.17, 15) is 18.0 Å². The van der Waals surface area contributed by atoms with Crippen LogP contribution in [0.2, 0.25) is 0 Å². The van der Waals surface area contributed by atoms with Crippen LogP contribution in [0.15, 0.2) is 12.1 Å². The van der Waals surface area contributed by atoms with Gasteiger partial charge in [0.2, 0.25) is 0 Å². The summed E-state index contributed by atoms with van der Waals surface area (Å²) in [5.41, 5.74) is -0.0544. The zero-order valence-electron chi connectivity index (χ0n) is 7.51. The third kappa shape index (κ3) is 1.58. The van der Waals surface area contributed by atoms with Crippen LogP contribution in [0.4, 0.5) is 13.2 Å². The van der Waals surface area contributed by atoms with Crippen molar-refractivity contribution < 1.29 is 23.1 Å². The molecular formula is C10H7F3O2. The molecule has 0 aliphatic heterocycles. The maximum atomic E-state index is 13.2. The Hall–Kier alpha value is -1.52. The van der Waals surface area contributed by atoms with Gasteiger partial charge in [-0.2, -0.15) is 0 Å². The lowest BCUT2D eigenvalue weighted by molar-refractivity contribution is -0.138. The van der Waals surface area contributed by atoms with Gasteiger partial charge in [-0.3, -0.25) is 4.79 Å². The molecule has 1 aromatic carbocycles. The molecule has 5 heteroatoms. The Bertz CT molecular complexity index is 431. The smallest absolute Gasteiger partial charge is 0.307 e. The normalized spacial score (nSPS) is 23.9. The van der Waals surface area contributed by atoms with Crippen LogP contribution in [0.3, 0.4) is 0 Å². The quantitative estimate of drug-likeness (QED) is 0.770. The fourth-order valence-electron chi connectivity index (χ4n) is 1.64. The summed E-state index contributed by atoms with van der Waals surface area (Å²) >= 11 is 0. The SMILES string of the molecule is O=C(O)[C@H]1C[C@H]1c1ccc(F)c(F)c1F. The van der Waals surface area contributed by atoms with Gasteiger partial charge in [0.15, 0.2) is 17.5 Å². The minimum atomic E-state index is -1.54. The van der Waals surface area contributed by atoms with Crippen molar-refractivity contribution in [3.8, 4) is 0 Å². The third-order valence-electron chi connectivity index (χ3n) is 2.57. The Morgan fingerprint density at radius 3 is 2.47 bits per heavy atom. The van der Waals surface area contributed by atoms with Crippen molar-refractivity contribution in [2.24, 2.45) is 5.92 Å². The largest absolute Gasteiger partial charge is 0.481 e. The Kier molecular flexibility index (Phi) is 2.17. The summed E-state index contributed by atoms with van der Waals surface area (Å²) < 4.78 is 38.6. The first-order chi connectivity index (χ1) is 7.02. The predicted molar refractivity (Wildman–Crippen MR) is 44.8 cm³/mol. The minimum Gasteiger partial charge on any atom is -0.481 e. The van der Waals surface area contributed by atoms with E-state index in [4.69, 9.17) is 5.11 Å². The molecule has 1 saturated carbocycles. The summed E-state index contributed by atoms with van der Waals surface area (Å²) in [5.74, 6) is -6.32. The first-order valence-electron chi connectivity index (χ1n) is 4.38. The summed E-state index contributed by atoms with van der Waals surface area (Å²) in [6.07, 6.45) is 0.275. The molecule has 1 fully saturated rings. The van der Waals surface area contributed by atoms with Gasteiger partial charge in [-0.1, -0.05) is 6.07 Å².